The van der Waals surface area contributed by atoms with Crippen LogP contribution in [0, 0.1) is 0 Å². The normalized spacial score (nSPS) is 13.3. The van der Waals surface area contributed by atoms with Gasteiger partial charge in [0.1, 0.15) is 10.6 Å². The van der Waals surface area contributed by atoms with E-state index in [2.05, 4.69) is 5.32 Å². The number of ether oxygens (including phenoxy) is 1. The molecule has 0 bridgehead atoms. The Kier molecular flexibility index (Phi) is 5.37. The highest BCUT2D eigenvalue weighted by molar-refractivity contribution is 7.86. The summed E-state index contributed by atoms with van der Waals surface area (Å²) in [6.07, 6.45) is -4.71. The van der Waals surface area contributed by atoms with Crippen LogP contribution in [0.5, 0.6) is 5.75 Å². The molecule has 4 rings (SSSR count). The highest BCUT2D eigenvalue weighted by atomic mass is 32.2. The van der Waals surface area contributed by atoms with E-state index in [1.807, 2.05) is 0 Å². The number of hydrogen-bond acceptors (Lipinski definition) is 7. The summed E-state index contributed by atoms with van der Waals surface area (Å²) in [7, 11) is -3.79. The quantitative estimate of drug-likeness (QED) is 0.287. The fourth-order valence-electron chi connectivity index (χ4n) is 3.73. The monoisotopic (exact) mass is 492 g/mol. The van der Waals surface area contributed by atoms with E-state index in [1.165, 1.54) is 31.4 Å². The van der Waals surface area contributed by atoms with E-state index < -0.39 is 49.6 Å². The molecular weight excluding hydrogens is 477 g/mol. The van der Waals surface area contributed by atoms with Crippen LogP contribution < -0.4 is 15.8 Å². The molecule has 0 atom stereocenters. The van der Waals surface area contributed by atoms with E-state index in [1.54, 1.807) is 0 Å². The molecular formula is C22H15F3N2O6S. The second kappa shape index (κ2) is 7.85. The SMILES string of the molecule is COc1ccc(C(F)(F)F)cc1Nc1cc(S(=O)(=O)O)c(N)c2c1C(=O)c1ccccc1C2=O. The fraction of sp³-hybridized carbons (Fsp3) is 0.0909. The summed E-state index contributed by atoms with van der Waals surface area (Å²) in [5.41, 5.74) is 2.65. The van der Waals surface area contributed by atoms with Gasteiger partial charge in [-0.15, -0.1) is 0 Å². The maximum Gasteiger partial charge on any atom is 0.416 e. The number of carbonyl (C=O) groups is 2. The van der Waals surface area contributed by atoms with Crippen LogP contribution in [0.2, 0.25) is 0 Å². The predicted octanol–water partition coefficient (Wildman–Crippen LogP) is 4.06. The Bertz CT molecular complexity index is 1480. The number of halogens is 3. The van der Waals surface area contributed by atoms with Gasteiger partial charge < -0.3 is 15.8 Å². The van der Waals surface area contributed by atoms with E-state index in [9.17, 15) is 35.7 Å². The number of nitrogen functional groups attached to an aromatic ring is 1. The van der Waals surface area contributed by atoms with Gasteiger partial charge >= 0.3 is 6.18 Å². The van der Waals surface area contributed by atoms with Gasteiger partial charge in [0.05, 0.1) is 40.9 Å². The summed E-state index contributed by atoms with van der Waals surface area (Å²) in [6, 6.07) is 9.00. The number of rotatable bonds is 4. The van der Waals surface area contributed by atoms with Gasteiger partial charge in [0.25, 0.3) is 10.1 Å². The molecule has 0 heterocycles. The number of methoxy groups -OCH3 is 1. The van der Waals surface area contributed by atoms with Crippen molar-refractivity contribution in [2.45, 2.75) is 11.1 Å². The van der Waals surface area contributed by atoms with Crippen molar-refractivity contribution in [1.82, 2.24) is 0 Å². The number of carbonyl (C=O) groups excluding carboxylic acids is 2. The number of anilines is 3. The Morgan fingerprint density at radius 3 is 2.06 bits per heavy atom. The summed E-state index contributed by atoms with van der Waals surface area (Å²) in [6.45, 7) is 0. The minimum atomic E-state index is -4.99. The number of ketones is 2. The molecule has 0 aromatic heterocycles. The molecule has 3 aromatic rings. The van der Waals surface area contributed by atoms with E-state index in [-0.39, 0.29) is 33.8 Å². The lowest BCUT2D eigenvalue weighted by atomic mass is 9.82. The zero-order valence-electron chi connectivity index (χ0n) is 17.2. The third-order valence-electron chi connectivity index (χ3n) is 5.27. The van der Waals surface area contributed by atoms with Gasteiger partial charge in [-0.2, -0.15) is 21.6 Å². The largest absolute Gasteiger partial charge is 0.495 e. The van der Waals surface area contributed by atoms with Gasteiger partial charge in [-0.3, -0.25) is 14.1 Å². The first kappa shape index (κ1) is 23.3. The highest BCUT2D eigenvalue weighted by Gasteiger charge is 2.37. The lowest BCUT2D eigenvalue weighted by molar-refractivity contribution is -0.137. The second-order valence-corrected chi connectivity index (χ2v) is 8.69. The van der Waals surface area contributed by atoms with Crippen LogP contribution in [0.4, 0.5) is 30.2 Å². The standard InChI is InChI=1S/C22H15F3N2O6S/c1-33-15-7-6-10(22(23,24)25)8-13(15)27-14-9-16(34(30,31)32)19(26)18-17(14)20(28)11-4-2-3-5-12(11)21(18)29/h2-9,27H,26H2,1H3,(H,30,31,32). The maximum atomic E-state index is 13.3. The molecule has 1 aliphatic carbocycles. The maximum absolute atomic E-state index is 13.3. The Balaban J connectivity index is 2.02. The van der Waals surface area contributed by atoms with Crippen molar-refractivity contribution < 1.29 is 40.5 Å². The Morgan fingerprint density at radius 1 is 0.941 bits per heavy atom. The van der Waals surface area contributed by atoms with Crippen LogP contribution in [-0.4, -0.2) is 31.6 Å². The Hall–Kier alpha value is -3.90. The molecule has 4 N–H and O–H groups in total. The number of benzene rings is 3. The zero-order chi connectivity index (χ0) is 25.0. The van der Waals surface area contributed by atoms with Crippen molar-refractivity contribution in [3.8, 4) is 5.75 Å². The van der Waals surface area contributed by atoms with Crippen LogP contribution in [0.25, 0.3) is 0 Å². The van der Waals surface area contributed by atoms with Gasteiger partial charge in [-0.1, -0.05) is 24.3 Å². The van der Waals surface area contributed by atoms with Gasteiger partial charge in [0, 0.05) is 11.1 Å². The number of alkyl halides is 3. The lowest BCUT2D eigenvalue weighted by Gasteiger charge is -2.24. The molecule has 0 saturated heterocycles. The zero-order valence-corrected chi connectivity index (χ0v) is 18.0. The molecule has 176 valence electrons. The average Bonchev–Trinajstić information content (AvgIpc) is 2.76. The van der Waals surface area contributed by atoms with Crippen LogP contribution in [0.1, 0.15) is 37.4 Å². The minimum Gasteiger partial charge on any atom is -0.495 e. The topological polar surface area (TPSA) is 136 Å². The molecule has 0 radical (unpaired) electrons. The van der Waals surface area contributed by atoms with E-state index in [0.717, 1.165) is 18.2 Å². The summed E-state index contributed by atoms with van der Waals surface area (Å²) in [4.78, 5) is 25.6. The summed E-state index contributed by atoms with van der Waals surface area (Å²) < 4.78 is 78.5. The molecule has 0 fully saturated rings. The van der Waals surface area contributed by atoms with Crippen LogP contribution >= 0.6 is 0 Å². The summed E-state index contributed by atoms with van der Waals surface area (Å²) in [5, 5.41) is 2.56. The molecule has 0 spiro atoms. The number of nitrogens with one attached hydrogen (secondary N) is 1. The van der Waals surface area contributed by atoms with Crippen molar-refractivity contribution in [2.24, 2.45) is 0 Å². The van der Waals surface area contributed by atoms with E-state index in [4.69, 9.17) is 10.5 Å². The smallest absolute Gasteiger partial charge is 0.416 e. The Labute approximate surface area is 190 Å². The summed E-state index contributed by atoms with van der Waals surface area (Å²) in [5.74, 6) is -1.57. The van der Waals surface area contributed by atoms with Crippen LogP contribution in [-0.2, 0) is 16.3 Å². The molecule has 1 aliphatic rings. The molecule has 12 heteroatoms. The number of nitrogens with two attached hydrogens (primary N) is 1. The van der Waals surface area contributed by atoms with Crippen LogP contribution in [0.15, 0.2) is 53.4 Å². The molecule has 0 amide bonds. The first-order valence-corrected chi connectivity index (χ1v) is 10.9. The highest BCUT2D eigenvalue weighted by Crippen LogP contribution is 2.42. The van der Waals surface area contributed by atoms with Gasteiger partial charge in [0.15, 0.2) is 11.6 Å². The van der Waals surface area contributed by atoms with E-state index >= 15 is 0 Å². The molecule has 0 aliphatic heterocycles. The molecule has 0 saturated carbocycles. The van der Waals surface area contributed by atoms with Gasteiger partial charge in [-0.25, -0.2) is 0 Å². The Morgan fingerprint density at radius 2 is 1.53 bits per heavy atom. The molecule has 34 heavy (non-hydrogen) atoms. The van der Waals surface area contributed by atoms with E-state index in [0.29, 0.717) is 6.07 Å². The van der Waals surface area contributed by atoms with Crippen molar-refractivity contribution >= 4 is 38.7 Å². The number of fused-ring (bicyclic) bond motifs is 2. The molecule has 8 nitrogen and oxygen atoms in total. The molecule has 0 unspecified atom stereocenters. The number of hydrogen-bond donors (Lipinski definition) is 3. The lowest BCUT2D eigenvalue weighted by Crippen LogP contribution is -2.25. The average molecular weight is 492 g/mol. The third kappa shape index (κ3) is 3.76. The first-order chi connectivity index (χ1) is 15.8. The first-order valence-electron chi connectivity index (χ1n) is 9.49. The fourth-order valence-corrected chi connectivity index (χ4v) is 4.38. The predicted molar refractivity (Wildman–Crippen MR) is 115 cm³/mol. The second-order valence-electron chi connectivity index (χ2n) is 7.30. The van der Waals surface area contributed by atoms with Gasteiger partial charge in [0.2, 0.25) is 0 Å². The molecule has 3 aromatic carbocycles. The van der Waals surface area contributed by atoms with Crippen molar-refractivity contribution in [1.29, 1.82) is 0 Å². The van der Waals surface area contributed by atoms with Crippen molar-refractivity contribution in [3.05, 3.63) is 76.3 Å². The van der Waals surface area contributed by atoms with Gasteiger partial charge in [-0.05, 0) is 24.3 Å². The van der Waals surface area contributed by atoms with Crippen LogP contribution in [0.3, 0.4) is 0 Å². The third-order valence-corrected chi connectivity index (χ3v) is 6.17. The summed E-state index contributed by atoms with van der Waals surface area (Å²) >= 11 is 0. The van der Waals surface area contributed by atoms with Crippen molar-refractivity contribution in [2.75, 3.05) is 18.2 Å². The minimum absolute atomic E-state index is 0.00179. The van der Waals surface area contributed by atoms with Crippen molar-refractivity contribution in [3.63, 3.8) is 0 Å².